The van der Waals surface area contributed by atoms with Crippen molar-refractivity contribution in [3.63, 3.8) is 0 Å². The summed E-state index contributed by atoms with van der Waals surface area (Å²) >= 11 is 1.31. The fourth-order valence-electron chi connectivity index (χ4n) is 3.09. The van der Waals surface area contributed by atoms with E-state index >= 15 is 0 Å². The Morgan fingerprint density at radius 1 is 0.879 bits per heavy atom. The van der Waals surface area contributed by atoms with Gasteiger partial charge in [-0.1, -0.05) is 42.0 Å². The molecule has 0 aliphatic rings. The molecule has 0 bridgehead atoms. The maximum Gasteiger partial charge on any atom is 0.256 e. The molecule has 0 atom stereocenters. The standard InChI is InChI=1S/C26H27N3O3S/c1-18-11-13-21(14-12-18)27-25(31)17-33-24-10-5-4-9-23(24)26(32)28-22-8-6-7-20(15-22)16-29(3)19(2)30/h4-15H,16-17H2,1-3H3,(H,27,31)(H,28,32). The summed E-state index contributed by atoms with van der Waals surface area (Å²) in [6, 6.07) is 22.2. The van der Waals surface area contributed by atoms with E-state index in [-0.39, 0.29) is 23.5 Å². The summed E-state index contributed by atoms with van der Waals surface area (Å²) < 4.78 is 0. The Morgan fingerprint density at radius 3 is 2.33 bits per heavy atom. The summed E-state index contributed by atoms with van der Waals surface area (Å²) in [4.78, 5) is 39.1. The van der Waals surface area contributed by atoms with Crippen LogP contribution in [0.3, 0.4) is 0 Å². The number of rotatable bonds is 8. The van der Waals surface area contributed by atoms with Gasteiger partial charge in [0.15, 0.2) is 0 Å². The first-order valence-corrected chi connectivity index (χ1v) is 11.5. The summed E-state index contributed by atoms with van der Waals surface area (Å²) in [6.07, 6.45) is 0. The van der Waals surface area contributed by atoms with E-state index in [0.29, 0.717) is 17.8 Å². The predicted molar refractivity (Wildman–Crippen MR) is 134 cm³/mol. The van der Waals surface area contributed by atoms with Crippen molar-refractivity contribution in [2.45, 2.75) is 25.3 Å². The van der Waals surface area contributed by atoms with Gasteiger partial charge < -0.3 is 15.5 Å². The third-order valence-electron chi connectivity index (χ3n) is 4.97. The topological polar surface area (TPSA) is 78.5 Å². The molecular weight excluding hydrogens is 434 g/mol. The molecule has 3 aromatic carbocycles. The lowest BCUT2D eigenvalue weighted by Gasteiger charge is -2.16. The number of hydrogen-bond donors (Lipinski definition) is 2. The van der Waals surface area contributed by atoms with E-state index in [1.165, 1.54) is 18.7 Å². The number of nitrogens with one attached hydrogen (secondary N) is 2. The minimum Gasteiger partial charge on any atom is -0.342 e. The van der Waals surface area contributed by atoms with Crippen LogP contribution >= 0.6 is 11.8 Å². The highest BCUT2D eigenvalue weighted by Gasteiger charge is 2.14. The summed E-state index contributed by atoms with van der Waals surface area (Å²) in [7, 11) is 1.73. The Hall–Kier alpha value is -3.58. The first-order chi connectivity index (χ1) is 15.8. The van der Waals surface area contributed by atoms with Gasteiger partial charge in [0, 0.05) is 36.8 Å². The molecule has 0 unspecified atom stereocenters. The number of aryl methyl sites for hydroxylation is 1. The van der Waals surface area contributed by atoms with E-state index in [2.05, 4.69) is 10.6 Å². The van der Waals surface area contributed by atoms with Crippen molar-refractivity contribution < 1.29 is 14.4 Å². The van der Waals surface area contributed by atoms with Crippen LogP contribution < -0.4 is 10.6 Å². The molecule has 0 spiro atoms. The van der Waals surface area contributed by atoms with Gasteiger partial charge in [-0.15, -0.1) is 11.8 Å². The van der Waals surface area contributed by atoms with Gasteiger partial charge >= 0.3 is 0 Å². The number of amides is 3. The number of thioether (sulfide) groups is 1. The molecule has 0 aromatic heterocycles. The van der Waals surface area contributed by atoms with Gasteiger partial charge in [0.25, 0.3) is 5.91 Å². The van der Waals surface area contributed by atoms with Crippen molar-refractivity contribution in [1.82, 2.24) is 4.90 Å². The minimum atomic E-state index is -0.255. The molecule has 3 rings (SSSR count). The SMILES string of the molecule is CC(=O)N(C)Cc1cccc(NC(=O)c2ccccc2SCC(=O)Nc2ccc(C)cc2)c1. The molecule has 0 saturated carbocycles. The van der Waals surface area contributed by atoms with Crippen molar-refractivity contribution in [3.8, 4) is 0 Å². The van der Waals surface area contributed by atoms with Crippen molar-refractivity contribution in [1.29, 1.82) is 0 Å². The number of hydrogen-bond acceptors (Lipinski definition) is 4. The lowest BCUT2D eigenvalue weighted by Crippen LogP contribution is -2.23. The molecule has 6 nitrogen and oxygen atoms in total. The molecule has 0 aliphatic carbocycles. The second-order valence-corrected chi connectivity index (χ2v) is 8.75. The summed E-state index contributed by atoms with van der Waals surface area (Å²) in [5.74, 6) is -0.234. The molecule has 0 fully saturated rings. The second kappa shape index (κ2) is 11.3. The monoisotopic (exact) mass is 461 g/mol. The van der Waals surface area contributed by atoms with Crippen LogP contribution in [0.2, 0.25) is 0 Å². The van der Waals surface area contributed by atoms with E-state index in [0.717, 1.165) is 21.7 Å². The number of nitrogens with zero attached hydrogens (tertiary/aromatic N) is 1. The normalized spacial score (nSPS) is 10.4. The molecule has 0 aliphatic heterocycles. The van der Waals surface area contributed by atoms with Crippen molar-refractivity contribution >= 4 is 40.9 Å². The molecule has 170 valence electrons. The highest BCUT2D eigenvalue weighted by atomic mass is 32.2. The smallest absolute Gasteiger partial charge is 0.256 e. The lowest BCUT2D eigenvalue weighted by molar-refractivity contribution is -0.128. The number of carbonyl (C=O) groups is 3. The molecule has 2 N–H and O–H groups in total. The highest BCUT2D eigenvalue weighted by molar-refractivity contribution is 8.00. The van der Waals surface area contributed by atoms with Crippen LogP contribution in [0.4, 0.5) is 11.4 Å². The van der Waals surface area contributed by atoms with Crippen LogP contribution in [0.25, 0.3) is 0 Å². The maximum absolute atomic E-state index is 13.0. The summed E-state index contributed by atoms with van der Waals surface area (Å²) in [5, 5.41) is 5.79. The second-order valence-electron chi connectivity index (χ2n) is 7.73. The molecule has 0 saturated heterocycles. The fourth-order valence-corrected chi connectivity index (χ4v) is 3.94. The molecule has 7 heteroatoms. The molecule has 3 amide bonds. The van der Waals surface area contributed by atoms with Gasteiger partial charge in [-0.2, -0.15) is 0 Å². The third-order valence-corrected chi connectivity index (χ3v) is 6.04. The fraction of sp³-hybridized carbons (Fsp3) is 0.192. The Labute approximate surface area is 198 Å². The zero-order valence-electron chi connectivity index (χ0n) is 18.9. The zero-order valence-corrected chi connectivity index (χ0v) is 19.7. The molecule has 0 radical (unpaired) electrons. The van der Waals surface area contributed by atoms with E-state index in [4.69, 9.17) is 0 Å². The van der Waals surface area contributed by atoms with Crippen LogP contribution in [0, 0.1) is 6.92 Å². The number of benzene rings is 3. The van der Waals surface area contributed by atoms with Gasteiger partial charge in [0.1, 0.15) is 0 Å². The Kier molecular flexibility index (Phi) is 8.27. The average molecular weight is 462 g/mol. The van der Waals surface area contributed by atoms with E-state index in [9.17, 15) is 14.4 Å². The Morgan fingerprint density at radius 2 is 1.61 bits per heavy atom. The van der Waals surface area contributed by atoms with Gasteiger partial charge in [-0.05, 0) is 48.9 Å². The van der Waals surface area contributed by atoms with Crippen molar-refractivity contribution in [3.05, 3.63) is 89.5 Å². The van der Waals surface area contributed by atoms with Gasteiger partial charge in [0.2, 0.25) is 11.8 Å². The van der Waals surface area contributed by atoms with Crippen molar-refractivity contribution in [2.24, 2.45) is 0 Å². The largest absolute Gasteiger partial charge is 0.342 e. The Bertz CT molecular complexity index is 1150. The maximum atomic E-state index is 13.0. The molecule has 0 heterocycles. The zero-order chi connectivity index (χ0) is 23.8. The Balaban J connectivity index is 1.63. The van der Waals surface area contributed by atoms with E-state index in [1.54, 1.807) is 30.1 Å². The highest BCUT2D eigenvalue weighted by Crippen LogP contribution is 2.24. The van der Waals surface area contributed by atoms with E-state index in [1.807, 2.05) is 61.5 Å². The van der Waals surface area contributed by atoms with Gasteiger partial charge in [0.05, 0.1) is 11.3 Å². The van der Waals surface area contributed by atoms with Crippen LogP contribution in [-0.2, 0) is 16.1 Å². The minimum absolute atomic E-state index is 0.0261. The van der Waals surface area contributed by atoms with Crippen LogP contribution in [0.5, 0.6) is 0 Å². The molecular formula is C26H27N3O3S. The lowest BCUT2D eigenvalue weighted by atomic mass is 10.1. The number of carbonyl (C=O) groups excluding carboxylic acids is 3. The quantitative estimate of drug-likeness (QED) is 0.465. The summed E-state index contributed by atoms with van der Waals surface area (Å²) in [6.45, 7) is 3.97. The van der Waals surface area contributed by atoms with Crippen LogP contribution in [-0.4, -0.2) is 35.4 Å². The van der Waals surface area contributed by atoms with E-state index < -0.39 is 0 Å². The molecule has 3 aromatic rings. The number of anilines is 2. The first-order valence-electron chi connectivity index (χ1n) is 10.5. The van der Waals surface area contributed by atoms with Gasteiger partial charge in [-0.25, -0.2) is 0 Å². The predicted octanol–water partition coefficient (Wildman–Crippen LogP) is 4.96. The average Bonchev–Trinajstić information content (AvgIpc) is 2.79. The third kappa shape index (κ3) is 7.22. The summed E-state index contributed by atoms with van der Waals surface area (Å²) in [5.41, 5.74) is 3.93. The van der Waals surface area contributed by atoms with Crippen LogP contribution in [0.15, 0.2) is 77.7 Å². The van der Waals surface area contributed by atoms with Crippen LogP contribution in [0.1, 0.15) is 28.4 Å². The molecule has 33 heavy (non-hydrogen) atoms. The van der Waals surface area contributed by atoms with Crippen molar-refractivity contribution in [2.75, 3.05) is 23.4 Å². The van der Waals surface area contributed by atoms with Gasteiger partial charge in [-0.3, -0.25) is 14.4 Å². The first kappa shape index (κ1) is 24.1.